The van der Waals surface area contributed by atoms with E-state index >= 15 is 0 Å². The summed E-state index contributed by atoms with van der Waals surface area (Å²) in [6.07, 6.45) is 6.03. The number of nitrogens with two attached hydrogens (primary N) is 1. The molecule has 25 heavy (non-hydrogen) atoms. The highest BCUT2D eigenvalue weighted by atomic mass is 32.2. The Kier molecular flexibility index (Phi) is 4.60. The summed E-state index contributed by atoms with van der Waals surface area (Å²) in [6.45, 7) is 3.92. The van der Waals surface area contributed by atoms with Crippen LogP contribution in [0, 0.1) is 0 Å². The molecule has 1 saturated carbocycles. The molecule has 1 fully saturated rings. The van der Waals surface area contributed by atoms with Crippen LogP contribution in [0.4, 0.5) is 5.82 Å². The summed E-state index contributed by atoms with van der Waals surface area (Å²) in [4.78, 5) is 12.9. The number of pyridine rings is 1. The van der Waals surface area contributed by atoms with Crippen LogP contribution in [0.5, 0.6) is 0 Å². The molecule has 3 rings (SSSR count). The lowest BCUT2D eigenvalue weighted by molar-refractivity contribution is 0.335. The molecule has 0 saturated heterocycles. The molecule has 132 valence electrons. The summed E-state index contributed by atoms with van der Waals surface area (Å²) >= 11 is 0. The van der Waals surface area contributed by atoms with E-state index in [0.717, 1.165) is 18.4 Å². The topological polar surface area (TPSA) is 98.8 Å². The van der Waals surface area contributed by atoms with Gasteiger partial charge in [-0.15, -0.1) is 0 Å². The maximum Gasteiger partial charge on any atom is 0.206 e. The molecule has 6 nitrogen and oxygen atoms in total. The molecule has 0 amide bonds. The molecule has 2 heterocycles. The number of sulfone groups is 1. The zero-order chi connectivity index (χ0) is 18.1. The van der Waals surface area contributed by atoms with Crippen molar-refractivity contribution in [3.05, 3.63) is 48.1 Å². The highest BCUT2D eigenvalue weighted by molar-refractivity contribution is 7.92. The van der Waals surface area contributed by atoms with Crippen molar-refractivity contribution in [2.24, 2.45) is 0 Å². The first-order chi connectivity index (χ1) is 11.9. The maximum absolute atomic E-state index is 13.3. The number of nitrogens with zero attached hydrogens (tertiary/aromatic N) is 3. The van der Waals surface area contributed by atoms with E-state index in [4.69, 9.17) is 5.73 Å². The van der Waals surface area contributed by atoms with Crippen molar-refractivity contribution in [1.82, 2.24) is 15.0 Å². The predicted molar refractivity (Wildman–Crippen MR) is 97.3 cm³/mol. The first-order valence-corrected chi connectivity index (χ1v) is 9.89. The van der Waals surface area contributed by atoms with E-state index in [1.165, 1.54) is 12.3 Å². The molecule has 2 aromatic heterocycles. The van der Waals surface area contributed by atoms with Crippen molar-refractivity contribution >= 4 is 21.2 Å². The SMILES string of the molecule is C/C=C(\CC)c1nc(N)cc(C2(S(=O)(=O)c3ccccn3)CCC2)n1. The quantitative estimate of drug-likeness (QED) is 0.881. The zero-order valence-electron chi connectivity index (χ0n) is 14.4. The lowest BCUT2D eigenvalue weighted by Gasteiger charge is -2.40. The number of allylic oxidation sites excluding steroid dienone is 2. The Morgan fingerprint density at radius 1 is 1.32 bits per heavy atom. The van der Waals surface area contributed by atoms with Crippen LogP contribution in [0.1, 0.15) is 51.0 Å². The highest BCUT2D eigenvalue weighted by Crippen LogP contribution is 2.50. The minimum Gasteiger partial charge on any atom is -0.384 e. The standard InChI is InChI=1S/C18H22N4O2S/c1-3-13(4-2)17-21-14(12-15(19)22-17)18(9-7-10-18)25(23,24)16-8-5-6-11-20-16/h3,5-6,8,11-12H,4,7,9-10H2,1-2H3,(H2,19,21,22)/b13-3+. The minimum atomic E-state index is -3.67. The summed E-state index contributed by atoms with van der Waals surface area (Å²) in [5.41, 5.74) is 7.39. The van der Waals surface area contributed by atoms with Crippen LogP contribution in [0.25, 0.3) is 5.57 Å². The van der Waals surface area contributed by atoms with E-state index in [9.17, 15) is 8.42 Å². The van der Waals surface area contributed by atoms with Gasteiger partial charge in [0.25, 0.3) is 0 Å². The fraction of sp³-hybridized carbons (Fsp3) is 0.389. The molecule has 0 radical (unpaired) electrons. The number of rotatable bonds is 5. The second-order valence-electron chi connectivity index (χ2n) is 6.19. The Morgan fingerprint density at radius 2 is 2.08 bits per heavy atom. The lowest BCUT2D eigenvalue weighted by atomic mass is 9.81. The Balaban J connectivity index is 2.16. The number of nitrogen functional groups attached to an aromatic ring is 1. The Bertz CT molecular complexity index is 904. The molecule has 7 heteroatoms. The van der Waals surface area contributed by atoms with Crippen LogP contribution >= 0.6 is 0 Å². The van der Waals surface area contributed by atoms with E-state index < -0.39 is 14.6 Å². The summed E-state index contributed by atoms with van der Waals surface area (Å²) < 4.78 is 25.5. The number of anilines is 1. The monoisotopic (exact) mass is 358 g/mol. The van der Waals surface area contributed by atoms with Gasteiger partial charge in [0.15, 0.2) is 10.9 Å². The van der Waals surface area contributed by atoms with Gasteiger partial charge < -0.3 is 5.73 Å². The zero-order valence-corrected chi connectivity index (χ0v) is 15.3. The molecule has 1 aliphatic rings. The van der Waals surface area contributed by atoms with Gasteiger partial charge in [-0.05, 0) is 50.3 Å². The molecule has 1 aliphatic carbocycles. The summed E-state index contributed by atoms with van der Waals surface area (Å²) in [7, 11) is -3.67. The Morgan fingerprint density at radius 3 is 2.60 bits per heavy atom. The first kappa shape index (κ1) is 17.5. The van der Waals surface area contributed by atoms with Crippen molar-refractivity contribution in [3.63, 3.8) is 0 Å². The van der Waals surface area contributed by atoms with Gasteiger partial charge in [-0.2, -0.15) is 0 Å². The van der Waals surface area contributed by atoms with Crippen LogP contribution in [-0.4, -0.2) is 23.4 Å². The Hall–Kier alpha value is -2.28. The van der Waals surface area contributed by atoms with Crippen LogP contribution in [0.2, 0.25) is 0 Å². The van der Waals surface area contributed by atoms with Gasteiger partial charge in [0.05, 0.1) is 5.69 Å². The van der Waals surface area contributed by atoms with Crippen molar-refractivity contribution < 1.29 is 8.42 Å². The van der Waals surface area contributed by atoms with E-state index in [1.807, 2.05) is 19.9 Å². The smallest absolute Gasteiger partial charge is 0.206 e. The van der Waals surface area contributed by atoms with Crippen molar-refractivity contribution in [1.29, 1.82) is 0 Å². The van der Waals surface area contributed by atoms with Crippen molar-refractivity contribution in [2.75, 3.05) is 5.73 Å². The molecular weight excluding hydrogens is 336 g/mol. The van der Waals surface area contributed by atoms with Gasteiger partial charge in [0.1, 0.15) is 10.6 Å². The first-order valence-electron chi connectivity index (χ1n) is 8.41. The van der Waals surface area contributed by atoms with Crippen LogP contribution in [0.3, 0.4) is 0 Å². The third kappa shape index (κ3) is 2.82. The van der Waals surface area contributed by atoms with E-state index in [2.05, 4.69) is 15.0 Å². The Labute approximate surface area is 148 Å². The predicted octanol–water partition coefficient (Wildman–Crippen LogP) is 3.12. The van der Waals surface area contributed by atoms with Crippen molar-refractivity contribution in [2.45, 2.75) is 49.3 Å². The molecule has 0 unspecified atom stereocenters. The minimum absolute atomic E-state index is 0.0789. The van der Waals surface area contributed by atoms with Gasteiger partial charge >= 0.3 is 0 Å². The van der Waals surface area contributed by atoms with Gasteiger partial charge in [-0.1, -0.05) is 19.1 Å². The molecule has 0 aliphatic heterocycles. The summed E-state index contributed by atoms with van der Waals surface area (Å²) in [6, 6.07) is 6.50. The van der Waals surface area contributed by atoms with Crippen LogP contribution in [-0.2, 0) is 14.6 Å². The fourth-order valence-corrected chi connectivity index (χ4v) is 5.26. The van der Waals surface area contributed by atoms with Crippen molar-refractivity contribution in [3.8, 4) is 0 Å². The molecule has 2 aromatic rings. The number of hydrogen-bond donors (Lipinski definition) is 1. The van der Waals surface area contributed by atoms with E-state index in [1.54, 1.807) is 18.2 Å². The second-order valence-corrected chi connectivity index (χ2v) is 8.40. The molecule has 0 bridgehead atoms. The number of aromatic nitrogens is 3. The average molecular weight is 358 g/mol. The van der Waals surface area contributed by atoms with Gasteiger partial charge in [-0.25, -0.2) is 23.4 Å². The maximum atomic E-state index is 13.3. The second kappa shape index (κ2) is 6.55. The summed E-state index contributed by atoms with van der Waals surface area (Å²) in [5, 5.41) is 0.0789. The van der Waals surface area contributed by atoms with Gasteiger partial charge in [-0.3, -0.25) is 0 Å². The fourth-order valence-electron chi connectivity index (χ4n) is 3.20. The molecule has 0 atom stereocenters. The molecule has 2 N–H and O–H groups in total. The molecular formula is C18H22N4O2S. The van der Waals surface area contributed by atoms with E-state index in [0.29, 0.717) is 24.4 Å². The average Bonchev–Trinajstić information content (AvgIpc) is 2.55. The third-order valence-corrected chi connectivity index (χ3v) is 7.26. The number of hydrogen-bond acceptors (Lipinski definition) is 6. The van der Waals surface area contributed by atoms with Crippen LogP contribution in [0.15, 0.2) is 41.6 Å². The summed E-state index contributed by atoms with van der Waals surface area (Å²) in [5.74, 6) is 0.790. The van der Waals surface area contributed by atoms with Gasteiger partial charge in [0, 0.05) is 12.3 Å². The molecule has 0 spiro atoms. The lowest BCUT2D eigenvalue weighted by Crippen LogP contribution is -2.43. The molecule has 0 aromatic carbocycles. The normalized spacial score (nSPS) is 17.1. The third-order valence-electron chi connectivity index (χ3n) is 4.82. The largest absolute Gasteiger partial charge is 0.384 e. The van der Waals surface area contributed by atoms with E-state index in [-0.39, 0.29) is 10.8 Å². The van der Waals surface area contributed by atoms with Gasteiger partial charge in [0.2, 0.25) is 9.84 Å². The van der Waals surface area contributed by atoms with Crippen LogP contribution < -0.4 is 5.73 Å². The highest BCUT2D eigenvalue weighted by Gasteiger charge is 2.53.